The number of amides is 2. The second-order valence-corrected chi connectivity index (χ2v) is 9.98. The first-order valence-electron chi connectivity index (χ1n) is 12.0. The molecule has 1 aliphatic rings. The first kappa shape index (κ1) is 24.9. The summed E-state index contributed by atoms with van der Waals surface area (Å²) < 4.78 is 5.53. The Morgan fingerprint density at radius 1 is 1.00 bits per heavy atom. The fraction of sp³-hybridized carbons (Fsp3) is 0.172. The molecule has 0 unspecified atom stereocenters. The molecule has 4 aromatic rings. The molecule has 2 amide bonds. The van der Waals surface area contributed by atoms with Gasteiger partial charge in [-0.25, -0.2) is 0 Å². The summed E-state index contributed by atoms with van der Waals surface area (Å²) in [7, 11) is 1.51. The minimum atomic E-state index is -0.350. The van der Waals surface area contributed by atoms with Crippen LogP contribution in [0.5, 0.6) is 5.75 Å². The highest BCUT2D eigenvalue weighted by atomic mass is 35.5. The van der Waals surface area contributed by atoms with Crippen LogP contribution in [0.1, 0.15) is 32.7 Å². The third-order valence-corrected chi connectivity index (χ3v) is 7.58. The van der Waals surface area contributed by atoms with Crippen molar-refractivity contribution >= 4 is 51.1 Å². The third-order valence-electron chi connectivity index (χ3n) is 6.29. The number of halogens is 1. The predicted molar refractivity (Wildman–Crippen MR) is 151 cm³/mol. The second kappa shape index (κ2) is 11.1. The highest BCUT2D eigenvalue weighted by Gasteiger charge is 2.27. The van der Waals surface area contributed by atoms with E-state index in [1.807, 2.05) is 34.5 Å². The van der Waals surface area contributed by atoms with Crippen molar-refractivity contribution in [3.05, 3.63) is 106 Å². The summed E-state index contributed by atoms with van der Waals surface area (Å²) >= 11 is 7.82. The van der Waals surface area contributed by atoms with Gasteiger partial charge in [0.1, 0.15) is 10.8 Å². The Bertz CT molecular complexity index is 1420. The molecule has 1 N–H and O–H groups in total. The highest BCUT2D eigenvalue weighted by molar-refractivity contribution is 7.15. The average Bonchev–Trinajstić information content (AvgIpc) is 3.34. The van der Waals surface area contributed by atoms with Gasteiger partial charge in [-0.3, -0.25) is 9.59 Å². The van der Waals surface area contributed by atoms with Crippen LogP contribution in [0.2, 0.25) is 5.02 Å². The van der Waals surface area contributed by atoms with Crippen molar-refractivity contribution in [2.75, 3.05) is 35.3 Å². The van der Waals surface area contributed by atoms with Gasteiger partial charge in [-0.1, -0.05) is 54.1 Å². The summed E-state index contributed by atoms with van der Waals surface area (Å²) in [6.45, 7) is 2.27. The molecule has 37 heavy (non-hydrogen) atoms. The Morgan fingerprint density at radius 2 is 1.78 bits per heavy atom. The molecule has 3 aromatic carbocycles. The van der Waals surface area contributed by atoms with Crippen molar-refractivity contribution < 1.29 is 14.3 Å². The number of carbonyl (C=O) groups is 2. The summed E-state index contributed by atoms with van der Waals surface area (Å²) in [5.74, 6) is -0.0577. The molecule has 0 aliphatic carbocycles. The van der Waals surface area contributed by atoms with E-state index in [1.165, 1.54) is 12.7 Å². The number of nitrogens with zero attached hydrogens (tertiary/aromatic N) is 2. The SMILES string of the molecule is COc1cc(C(=O)N2CCCN(Cc3ccccc3)c3sccc32)ccc1NC(=O)c1ccccc1Cl. The number of methoxy groups -OCH3 is 1. The summed E-state index contributed by atoms with van der Waals surface area (Å²) in [6, 6.07) is 24.3. The maximum absolute atomic E-state index is 13.7. The molecule has 5 rings (SSSR count). The van der Waals surface area contributed by atoms with Crippen LogP contribution in [0.25, 0.3) is 0 Å². The average molecular weight is 532 g/mol. The number of benzene rings is 3. The van der Waals surface area contributed by atoms with E-state index < -0.39 is 0 Å². The van der Waals surface area contributed by atoms with Gasteiger partial charge >= 0.3 is 0 Å². The zero-order valence-corrected chi connectivity index (χ0v) is 21.9. The van der Waals surface area contributed by atoms with Gasteiger partial charge in [-0.05, 0) is 53.8 Å². The fourth-order valence-electron chi connectivity index (χ4n) is 4.46. The lowest BCUT2D eigenvalue weighted by Crippen LogP contribution is -2.31. The Morgan fingerprint density at radius 3 is 2.57 bits per heavy atom. The quantitative estimate of drug-likeness (QED) is 0.300. The van der Waals surface area contributed by atoms with E-state index in [0.717, 1.165) is 30.2 Å². The van der Waals surface area contributed by atoms with Crippen molar-refractivity contribution in [2.45, 2.75) is 13.0 Å². The van der Waals surface area contributed by atoms with Gasteiger partial charge in [0.05, 0.1) is 29.1 Å². The maximum atomic E-state index is 13.7. The minimum Gasteiger partial charge on any atom is -0.495 e. The second-order valence-electron chi connectivity index (χ2n) is 8.68. The van der Waals surface area contributed by atoms with Gasteiger partial charge in [-0.15, -0.1) is 11.3 Å². The van der Waals surface area contributed by atoms with Crippen molar-refractivity contribution in [3.8, 4) is 5.75 Å². The smallest absolute Gasteiger partial charge is 0.258 e. The topological polar surface area (TPSA) is 61.9 Å². The number of nitrogens with one attached hydrogen (secondary N) is 1. The number of thiophene rings is 1. The molecule has 0 fully saturated rings. The molecule has 0 bridgehead atoms. The van der Waals surface area contributed by atoms with E-state index in [0.29, 0.717) is 34.1 Å². The van der Waals surface area contributed by atoms with Gasteiger partial charge in [0.2, 0.25) is 0 Å². The Balaban J connectivity index is 1.38. The number of rotatable bonds is 6. The predicted octanol–water partition coefficient (Wildman–Crippen LogP) is 6.72. The molecule has 1 aromatic heterocycles. The van der Waals surface area contributed by atoms with Gasteiger partial charge in [0.15, 0.2) is 0 Å². The van der Waals surface area contributed by atoms with Crippen LogP contribution < -0.4 is 19.9 Å². The van der Waals surface area contributed by atoms with E-state index in [4.69, 9.17) is 16.3 Å². The van der Waals surface area contributed by atoms with Crippen LogP contribution in [0, 0.1) is 0 Å². The molecule has 0 saturated carbocycles. The molecule has 0 saturated heterocycles. The Labute approximate surface area is 225 Å². The molecule has 188 valence electrons. The lowest BCUT2D eigenvalue weighted by molar-refractivity contribution is 0.0986. The number of ether oxygens (including phenoxy) is 1. The molecule has 8 heteroatoms. The number of hydrogen-bond donors (Lipinski definition) is 1. The molecule has 1 aliphatic heterocycles. The van der Waals surface area contributed by atoms with Crippen molar-refractivity contribution in [1.29, 1.82) is 0 Å². The van der Waals surface area contributed by atoms with Gasteiger partial charge in [0.25, 0.3) is 11.8 Å². The standard InChI is InChI=1S/C29H26ClN3O3S/c1-36-26-18-21(12-13-24(26)31-27(34)22-10-5-6-11-23(22)30)28(35)33-16-7-15-32(29-25(33)14-17-37-29)19-20-8-3-2-4-9-20/h2-6,8-14,17-18H,7,15-16,19H2,1H3,(H,31,34). The van der Waals surface area contributed by atoms with Gasteiger partial charge in [-0.2, -0.15) is 0 Å². The lowest BCUT2D eigenvalue weighted by Gasteiger charge is -2.24. The minimum absolute atomic E-state index is 0.108. The summed E-state index contributed by atoms with van der Waals surface area (Å²) in [4.78, 5) is 30.6. The fourth-order valence-corrected chi connectivity index (χ4v) is 5.61. The van der Waals surface area contributed by atoms with Crippen LogP contribution in [0.3, 0.4) is 0 Å². The summed E-state index contributed by atoms with van der Waals surface area (Å²) in [5.41, 5.74) is 3.46. The van der Waals surface area contributed by atoms with Crippen LogP contribution in [-0.4, -0.2) is 32.0 Å². The van der Waals surface area contributed by atoms with E-state index in [2.05, 4.69) is 22.3 Å². The summed E-state index contributed by atoms with van der Waals surface area (Å²) in [6.07, 6.45) is 0.850. The monoisotopic (exact) mass is 531 g/mol. The Hall–Kier alpha value is -3.81. The third kappa shape index (κ3) is 5.33. The van der Waals surface area contributed by atoms with Gasteiger partial charge in [0, 0.05) is 25.2 Å². The molecule has 6 nitrogen and oxygen atoms in total. The molecule has 0 radical (unpaired) electrons. The Kier molecular flexibility index (Phi) is 7.44. The number of fused-ring (bicyclic) bond motifs is 1. The van der Waals surface area contributed by atoms with Gasteiger partial charge < -0.3 is 19.9 Å². The van der Waals surface area contributed by atoms with Crippen LogP contribution >= 0.6 is 22.9 Å². The normalized spacial score (nSPS) is 13.0. The molecule has 0 spiro atoms. The number of hydrogen-bond acceptors (Lipinski definition) is 5. The van der Waals surface area contributed by atoms with E-state index in [9.17, 15) is 9.59 Å². The van der Waals surface area contributed by atoms with Crippen LogP contribution in [-0.2, 0) is 6.54 Å². The first-order chi connectivity index (χ1) is 18.0. The highest BCUT2D eigenvalue weighted by Crippen LogP contribution is 2.39. The van der Waals surface area contributed by atoms with E-state index in [1.54, 1.807) is 53.8 Å². The number of anilines is 3. The van der Waals surface area contributed by atoms with Crippen LogP contribution in [0.4, 0.5) is 16.4 Å². The first-order valence-corrected chi connectivity index (χ1v) is 13.2. The van der Waals surface area contributed by atoms with E-state index >= 15 is 0 Å². The van der Waals surface area contributed by atoms with E-state index in [-0.39, 0.29) is 11.8 Å². The van der Waals surface area contributed by atoms with Crippen LogP contribution in [0.15, 0.2) is 84.2 Å². The van der Waals surface area contributed by atoms with Crippen molar-refractivity contribution in [2.24, 2.45) is 0 Å². The maximum Gasteiger partial charge on any atom is 0.258 e. The van der Waals surface area contributed by atoms with Crippen molar-refractivity contribution in [3.63, 3.8) is 0 Å². The number of carbonyl (C=O) groups excluding carboxylic acids is 2. The summed E-state index contributed by atoms with van der Waals surface area (Å²) in [5, 5.41) is 6.32. The zero-order chi connectivity index (χ0) is 25.8. The van der Waals surface area contributed by atoms with Crippen molar-refractivity contribution in [1.82, 2.24) is 0 Å². The molecular weight excluding hydrogens is 506 g/mol. The lowest BCUT2D eigenvalue weighted by atomic mass is 10.1. The molecule has 2 heterocycles. The largest absolute Gasteiger partial charge is 0.495 e. The zero-order valence-electron chi connectivity index (χ0n) is 20.3. The molecule has 0 atom stereocenters. The molecular formula is C29H26ClN3O3S.